The van der Waals surface area contributed by atoms with Crippen LogP contribution in [0.2, 0.25) is 0 Å². The molecule has 0 spiro atoms. The van der Waals surface area contributed by atoms with Crippen molar-refractivity contribution >= 4 is 17.4 Å². The lowest BCUT2D eigenvalue weighted by Gasteiger charge is -2.27. The molecular formula is C14H20N4O3. The maximum absolute atomic E-state index is 12.4. The van der Waals surface area contributed by atoms with E-state index in [1.54, 1.807) is 7.05 Å². The lowest BCUT2D eigenvalue weighted by atomic mass is 9.87. The minimum atomic E-state index is -0.550. The van der Waals surface area contributed by atoms with Gasteiger partial charge in [0.25, 0.3) is 11.6 Å². The van der Waals surface area contributed by atoms with E-state index >= 15 is 0 Å². The maximum atomic E-state index is 12.4. The molecule has 2 atom stereocenters. The van der Waals surface area contributed by atoms with Gasteiger partial charge in [-0.2, -0.15) is 0 Å². The molecule has 1 saturated carbocycles. The van der Waals surface area contributed by atoms with Gasteiger partial charge in [-0.15, -0.1) is 0 Å². The van der Waals surface area contributed by atoms with Crippen LogP contribution < -0.4 is 10.6 Å². The van der Waals surface area contributed by atoms with E-state index in [4.69, 9.17) is 0 Å². The van der Waals surface area contributed by atoms with Gasteiger partial charge in [-0.25, -0.2) is 4.98 Å². The molecule has 1 fully saturated rings. The van der Waals surface area contributed by atoms with Crippen LogP contribution in [0.4, 0.5) is 11.5 Å². The highest BCUT2D eigenvalue weighted by Gasteiger charge is 2.23. The van der Waals surface area contributed by atoms with Gasteiger partial charge in [-0.3, -0.25) is 14.9 Å². The van der Waals surface area contributed by atoms with Gasteiger partial charge in [0.2, 0.25) is 0 Å². The van der Waals surface area contributed by atoms with Gasteiger partial charge in [-0.05, 0) is 18.8 Å². The number of aromatic nitrogens is 1. The number of pyridine rings is 1. The molecule has 1 aliphatic rings. The number of nitrogens with one attached hydrogen (secondary N) is 2. The van der Waals surface area contributed by atoms with Gasteiger partial charge < -0.3 is 10.6 Å². The SMILES string of the molecule is CNc1ncc([N+](=O)[O-])cc1C(=O)NC1CCCC(C)C1. The Bertz CT molecular complexity index is 547. The summed E-state index contributed by atoms with van der Waals surface area (Å²) in [7, 11) is 1.63. The van der Waals surface area contributed by atoms with Crippen molar-refractivity contribution in [3.05, 3.63) is 27.9 Å². The molecule has 1 aromatic rings. The van der Waals surface area contributed by atoms with Crippen LogP contribution in [0.5, 0.6) is 0 Å². The van der Waals surface area contributed by atoms with Crippen LogP contribution in [-0.2, 0) is 0 Å². The molecular weight excluding hydrogens is 272 g/mol. The monoisotopic (exact) mass is 292 g/mol. The molecule has 0 radical (unpaired) electrons. The van der Waals surface area contributed by atoms with Gasteiger partial charge >= 0.3 is 0 Å². The van der Waals surface area contributed by atoms with E-state index in [0.717, 1.165) is 25.5 Å². The third kappa shape index (κ3) is 3.68. The van der Waals surface area contributed by atoms with Crippen molar-refractivity contribution in [3.8, 4) is 0 Å². The van der Waals surface area contributed by atoms with Gasteiger partial charge in [0.15, 0.2) is 0 Å². The maximum Gasteiger partial charge on any atom is 0.288 e. The first-order valence-electron chi connectivity index (χ1n) is 7.14. The molecule has 7 heteroatoms. The largest absolute Gasteiger partial charge is 0.372 e. The quantitative estimate of drug-likeness (QED) is 0.655. The van der Waals surface area contributed by atoms with Crippen molar-refractivity contribution in [1.29, 1.82) is 0 Å². The topological polar surface area (TPSA) is 97.2 Å². The number of anilines is 1. The molecule has 21 heavy (non-hydrogen) atoms. The van der Waals surface area contributed by atoms with Crippen molar-refractivity contribution in [1.82, 2.24) is 10.3 Å². The lowest BCUT2D eigenvalue weighted by molar-refractivity contribution is -0.385. The Morgan fingerprint density at radius 3 is 2.86 bits per heavy atom. The minimum Gasteiger partial charge on any atom is -0.372 e. The fourth-order valence-corrected chi connectivity index (χ4v) is 2.75. The predicted molar refractivity (Wildman–Crippen MR) is 79.3 cm³/mol. The second-order valence-corrected chi connectivity index (χ2v) is 5.54. The molecule has 0 bridgehead atoms. The van der Waals surface area contributed by atoms with Gasteiger partial charge in [0.1, 0.15) is 12.0 Å². The fraction of sp³-hybridized carbons (Fsp3) is 0.571. The summed E-state index contributed by atoms with van der Waals surface area (Å²) >= 11 is 0. The molecule has 2 rings (SSSR count). The second kappa shape index (κ2) is 6.51. The molecule has 1 aliphatic carbocycles. The van der Waals surface area contributed by atoms with Gasteiger partial charge in [-0.1, -0.05) is 19.8 Å². The highest BCUT2D eigenvalue weighted by Crippen LogP contribution is 2.25. The third-order valence-electron chi connectivity index (χ3n) is 3.84. The Labute approximate surface area is 123 Å². The summed E-state index contributed by atoms with van der Waals surface area (Å²) in [6.45, 7) is 2.17. The molecule has 2 unspecified atom stereocenters. The van der Waals surface area contributed by atoms with Crippen LogP contribution in [0.15, 0.2) is 12.3 Å². The van der Waals surface area contributed by atoms with E-state index in [2.05, 4.69) is 22.5 Å². The number of rotatable bonds is 4. The first-order valence-corrected chi connectivity index (χ1v) is 7.14. The summed E-state index contributed by atoms with van der Waals surface area (Å²) in [6, 6.07) is 1.39. The number of nitro groups is 1. The second-order valence-electron chi connectivity index (χ2n) is 5.54. The number of hydrogen-bond acceptors (Lipinski definition) is 5. The first kappa shape index (κ1) is 15.2. The van der Waals surface area contributed by atoms with Crippen LogP contribution in [0.1, 0.15) is 43.0 Å². The summed E-state index contributed by atoms with van der Waals surface area (Å²) in [4.78, 5) is 26.6. The van der Waals surface area contributed by atoms with E-state index in [1.807, 2.05) is 0 Å². The highest BCUT2D eigenvalue weighted by atomic mass is 16.6. The van der Waals surface area contributed by atoms with Crippen LogP contribution in [0, 0.1) is 16.0 Å². The Morgan fingerprint density at radius 1 is 1.48 bits per heavy atom. The summed E-state index contributed by atoms with van der Waals surface area (Å²) in [6.07, 6.45) is 5.33. The minimum absolute atomic E-state index is 0.130. The third-order valence-corrected chi connectivity index (χ3v) is 3.84. The summed E-state index contributed by atoms with van der Waals surface area (Å²) in [5, 5.41) is 16.6. The van der Waals surface area contributed by atoms with Crippen LogP contribution in [-0.4, -0.2) is 28.9 Å². The molecule has 0 saturated heterocycles. The first-order chi connectivity index (χ1) is 10.0. The van der Waals surface area contributed by atoms with Gasteiger partial charge in [0, 0.05) is 19.2 Å². The number of nitrogens with zero attached hydrogens (tertiary/aromatic N) is 2. The Balaban J connectivity index is 2.17. The Morgan fingerprint density at radius 2 is 2.24 bits per heavy atom. The van der Waals surface area contributed by atoms with Crippen molar-refractivity contribution in [2.45, 2.75) is 38.6 Å². The predicted octanol–water partition coefficient (Wildman–Crippen LogP) is 2.34. The van der Waals surface area contributed by atoms with Crippen molar-refractivity contribution < 1.29 is 9.72 Å². The van der Waals surface area contributed by atoms with E-state index in [1.165, 1.54) is 12.5 Å². The van der Waals surface area contributed by atoms with Crippen LogP contribution in [0.25, 0.3) is 0 Å². The molecule has 1 amide bonds. The smallest absolute Gasteiger partial charge is 0.288 e. The molecule has 114 valence electrons. The van der Waals surface area contributed by atoms with E-state index < -0.39 is 4.92 Å². The fourth-order valence-electron chi connectivity index (χ4n) is 2.75. The van der Waals surface area contributed by atoms with Crippen molar-refractivity contribution in [3.63, 3.8) is 0 Å². The zero-order valence-electron chi connectivity index (χ0n) is 12.3. The molecule has 1 heterocycles. The average molecular weight is 292 g/mol. The van der Waals surface area contributed by atoms with Gasteiger partial charge in [0.05, 0.1) is 10.5 Å². The summed E-state index contributed by atoms with van der Waals surface area (Å²) < 4.78 is 0. The van der Waals surface area contributed by atoms with Crippen molar-refractivity contribution in [2.75, 3.05) is 12.4 Å². The van der Waals surface area contributed by atoms with E-state index in [-0.39, 0.29) is 23.2 Å². The lowest BCUT2D eigenvalue weighted by Crippen LogP contribution is -2.38. The highest BCUT2D eigenvalue weighted by molar-refractivity contribution is 5.99. The Hall–Kier alpha value is -2.18. The molecule has 7 nitrogen and oxygen atoms in total. The van der Waals surface area contributed by atoms with Crippen molar-refractivity contribution in [2.24, 2.45) is 5.92 Å². The molecule has 0 aromatic carbocycles. The normalized spacial score (nSPS) is 21.6. The average Bonchev–Trinajstić information content (AvgIpc) is 2.46. The standard InChI is InChI=1S/C14H20N4O3/c1-9-4-3-5-10(6-9)17-14(19)12-7-11(18(20)21)8-16-13(12)15-2/h7-10H,3-6H2,1-2H3,(H,15,16)(H,17,19). The van der Waals surface area contributed by atoms with E-state index in [0.29, 0.717) is 11.7 Å². The Kier molecular flexibility index (Phi) is 4.72. The number of hydrogen-bond donors (Lipinski definition) is 2. The summed E-state index contributed by atoms with van der Waals surface area (Å²) in [5.41, 5.74) is 0.0288. The molecule has 0 aliphatic heterocycles. The zero-order chi connectivity index (χ0) is 15.4. The van der Waals surface area contributed by atoms with Crippen LogP contribution in [0.3, 0.4) is 0 Å². The number of carbonyl (C=O) groups is 1. The molecule has 1 aromatic heterocycles. The zero-order valence-corrected chi connectivity index (χ0v) is 12.3. The van der Waals surface area contributed by atoms with E-state index in [9.17, 15) is 14.9 Å². The number of amides is 1. The van der Waals surface area contributed by atoms with Crippen LogP contribution >= 0.6 is 0 Å². The number of carbonyl (C=O) groups excluding carboxylic acids is 1. The molecule has 2 N–H and O–H groups in total. The summed E-state index contributed by atoms with van der Waals surface area (Å²) in [5.74, 6) is 0.632.